The van der Waals surface area contributed by atoms with E-state index in [9.17, 15) is 14.0 Å². The molecule has 134 valence electrons. The Bertz CT molecular complexity index is 834. The number of benzene rings is 2. The molecule has 4 nitrogen and oxygen atoms in total. The van der Waals surface area contributed by atoms with Crippen molar-refractivity contribution >= 4 is 17.5 Å². The van der Waals surface area contributed by atoms with Crippen molar-refractivity contribution in [3.05, 3.63) is 65.5 Å². The fourth-order valence-electron chi connectivity index (χ4n) is 3.91. The summed E-state index contributed by atoms with van der Waals surface area (Å²) in [7, 11) is 0. The lowest BCUT2D eigenvalue weighted by Gasteiger charge is -2.37. The molecule has 4 rings (SSSR count). The lowest BCUT2D eigenvalue weighted by atomic mass is 9.99. The molecular formula is C21H21FN2O2. The van der Waals surface area contributed by atoms with Gasteiger partial charge in [-0.1, -0.05) is 30.3 Å². The molecule has 0 radical (unpaired) electrons. The molecular weight excluding hydrogens is 331 g/mol. The monoisotopic (exact) mass is 352 g/mol. The molecule has 0 bridgehead atoms. The SMILES string of the molecule is O=C(C1CCCC(=O)N1Cc1ccc(F)cc1)N1CCc2ccccc21. The summed E-state index contributed by atoms with van der Waals surface area (Å²) in [5.41, 5.74) is 2.96. The van der Waals surface area contributed by atoms with Crippen LogP contribution in [0.4, 0.5) is 10.1 Å². The van der Waals surface area contributed by atoms with Gasteiger partial charge in [0.25, 0.3) is 0 Å². The van der Waals surface area contributed by atoms with Crippen LogP contribution in [0.25, 0.3) is 0 Å². The van der Waals surface area contributed by atoms with Crippen LogP contribution in [-0.4, -0.2) is 29.3 Å². The highest BCUT2D eigenvalue weighted by atomic mass is 19.1. The van der Waals surface area contributed by atoms with Crippen LogP contribution in [-0.2, 0) is 22.6 Å². The minimum absolute atomic E-state index is 0.00796. The predicted octanol–water partition coefficient (Wildman–Crippen LogP) is 3.30. The molecule has 2 aliphatic rings. The van der Waals surface area contributed by atoms with Gasteiger partial charge in [0, 0.05) is 25.2 Å². The van der Waals surface area contributed by atoms with Gasteiger partial charge in [-0.15, -0.1) is 0 Å². The highest BCUT2D eigenvalue weighted by Crippen LogP contribution is 2.31. The second kappa shape index (κ2) is 6.90. The van der Waals surface area contributed by atoms with Crippen molar-refractivity contribution < 1.29 is 14.0 Å². The van der Waals surface area contributed by atoms with Gasteiger partial charge in [0.2, 0.25) is 11.8 Å². The zero-order valence-corrected chi connectivity index (χ0v) is 14.5. The Morgan fingerprint density at radius 1 is 1.08 bits per heavy atom. The number of fused-ring (bicyclic) bond motifs is 1. The first-order chi connectivity index (χ1) is 12.6. The smallest absolute Gasteiger partial charge is 0.249 e. The molecule has 0 aliphatic carbocycles. The van der Waals surface area contributed by atoms with Gasteiger partial charge in [-0.05, 0) is 48.6 Å². The van der Waals surface area contributed by atoms with E-state index in [2.05, 4.69) is 0 Å². The van der Waals surface area contributed by atoms with Crippen molar-refractivity contribution in [1.29, 1.82) is 0 Å². The normalized spacial score (nSPS) is 19.6. The Hall–Kier alpha value is -2.69. The van der Waals surface area contributed by atoms with Gasteiger partial charge >= 0.3 is 0 Å². The molecule has 26 heavy (non-hydrogen) atoms. The van der Waals surface area contributed by atoms with Crippen molar-refractivity contribution in [3.63, 3.8) is 0 Å². The number of anilines is 1. The molecule has 0 spiro atoms. The Labute approximate surface area is 152 Å². The molecule has 1 atom stereocenters. The van der Waals surface area contributed by atoms with Crippen LogP contribution < -0.4 is 4.90 Å². The van der Waals surface area contributed by atoms with Crippen LogP contribution in [0.1, 0.15) is 30.4 Å². The fourth-order valence-corrected chi connectivity index (χ4v) is 3.91. The van der Waals surface area contributed by atoms with E-state index in [0.717, 1.165) is 24.1 Å². The third-order valence-corrected chi connectivity index (χ3v) is 5.27. The number of para-hydroxylation sites is 1. The van der Waals surface area contributed by atoms with E-state index >= 15 is 0 Å². The number of hydrogen-bond donors (Lipinski definition) is 0. The first-order valence-electron chi connectivity index (χ1n) is 9.07. The summed E-state index contributed by atoms with van der Waals surface area (Å²) in [4.78, 5) is 29.2. The zero-order valence-electron chi connectivity index (χ0n) is 14.5. The van der Waals surface area contributed by atoms with Crippen molar-refractivity contribution in [2.24, 2.45) is 0 Å². The third-order valence-electron chi connectivity index (χ3n) is 5.27. The number of halogens is 1. The van der Waals surface area contributed by atoms with Gasteiger partial charge < -0.3 is 9.80 Å². The quantitative estimate of drug-likeness (QED) is 0.850. The summed E-state index contributed by atoms with van der Waals surface area (Å²) in [6.07, 6.45) is 2.71. The number of carbonyl (C=O) groups excluding carboxylic acids is 2. The second-order valence-corrected chi connectivity index (χ2v) is 6.92. The predicted molar refractivity (Wildman–Crippen MR) is 97.1 cm³/mol. The number of piperidine rings is 1. The van der Waals surface area contributed by atoms with Crippen LogP contribution in [0.3, 0.4) is 0 Å². The van der Waals surface area contributed by atoms with E-state index in [-0.39, 0.29) is 17.6 Å². The van der Waals surface area contributed by atoms with Gasteiger partial charge in [-0.3, -0.25) is 9.59 Å². The number of carbonyl (C=O) groups is 2. The first kappa shape index (κ1) is 16.8. The number of hydrogen-bond acceptors (Lipinski definition) is 2. The van der Waals surface area contributed by atoms with Gasteiger partial charge in [-0.25, -0.2) is 4.39 Å². The Balaban J connectivity index is 1.58. The lowest BCUT2D eigenvalue weighted by Crippen LogP contribution is -2.52. The molecule has 2 aromatic rings. The molecule has 0 N–H and O–H groups in total. The van der Waals surface area contributed by atoms with Crippen LogP contribution in [0.5, 0.6) is 0 Å². The van der Waals surface area contributed by atoms with Gasteiger partial charge in [0.15, 0.2) is 0 Å². The Kier molecular flexibility index (Phi) is 4.45. The second-order valence-electron chi connectivity index (χ2n) is 6.92. The summed E-state index contributed by atoms with van der Waals surface area (Å²) >= 11 is 0. The van der Waals surface area contributed by atoms with Gasteiger partial charge in [0.1, 0.15) is 11.9 Å². The van der Waals surface area contributed by atoms with E-state index in [1.54, 1.807) is 17.0 Å². The fraction of sp³-hybridized carbons (Fsp3) is 0.333. The standard InChI is InChI=1S/C21H21FN2O2/c22-17-10-8-15(9-11-17)14-24-19(6-3-7-20(24)25)21(26)23-13-12-16-4-1-2-5-18(16)23/h1-2,4-5,8-11,19H,3,6-7,12-14H2. The van der Waals surface area contributed by atoms with E-state index in [0.29, 0.717) is 25.9 Å². The Morgan fingerprint density at radius 3 is 2.65 bits per heavy atom. The minimum atomic E-state index is -0.451. The number of nitrogens with zero attached hydrogens (tertiary/aromatic N) is 2. The summed E-state index contributed by atoms with van der Waals surface area (Å²) in [6, 6.07) is 13.6. The summed E-state index contributed by atoms with van der Waals surface area (Å²) in [6.45, 7) is 0.998. The molecule has 5 heteroatoms. The molecule has 2 heterocycles. The van der Waals surface area contributed by atoms with E-state index in [1.165, 1.54) is 17.7 Å². The summed E-state index contributed by atoms with van der Waals surface area (Å²) in [5.74, 6) is -0.323. The highest BCUT2D eigenvalue weighted by Gasteiger charge is 2.37. The summed E-state index contributed by atoms with van der Waals surface area (Å²) < 4.78 is 13.2. The van der Waals surface area contributed by atoms with Crippen molar-refractivity contribution in [3.8, 4) is 0 Å². The molecule has 1 fully saturated rings. The number of amides is 2. The average Bonchev–Trinajstić information content (AvgIpc) is 3.09. The first-order valence-corrected chi connectivity index (χ1v) is 9.07. The zero-order chi connectivity index (χ0) is 18.1. The molecule has 2 amide bonds. The van der Waals surface area contributed by atoms with Gasteiger partial charge in [-0.2, -0.15) is 0 Å². The molecule has 0 saturated carbocycles. The van der Waals surface area contributed by atoms with Crippen LogP contribution in [0.2, 0.25) is 0 Å². The maximum atomic E-state index is 13.2. The van der Waals surface area contributed by atoms with Crippen molar-refractivity contribution in [1.82, 2.24) is 4.90 Å². The number of rotatable bonds is 3. The lowest BCUT2D eigenvalue weighted by molar-refractivity contribution is -0.143. The number of likely N-dealkylation sites (tertiary alicyclic amines) is 1. The maximum absolute atomic E-state index is 13.2. The molecule has 2 aromatic carbocycles. The maximum Gasteiger partial charge on any atom is 0.249 e. The summed E-state index contributed by atoms with van der Waals surface area (Å²) in [5, 5.41) is 0. The molecule has 2 aliphatic heterocycles. The molecule has 1 saturated heterocycles. The third kappa shape index (κ3) is 3.09. The van der Waals surface area contributed by atoms with Crippen LogP contribution >= 0.6 is 0 Å². The minimum Gasteiger partial charge on any atom is -0.326 e. The van der Waals surface area contributed by atoms with Gasteiger partial charge in [0.05, 0.1) is 0 Å². The van der Waals surface area contributed by atoms with E-state index in [1.807, 2.05) is 29.2 Å². The molecule has 0 aromatic heterocycles. The largest absolute Gasteiger partial charge is 0.326 e. The highest BCUT2D eigenvalue weighted by molar-refractivity contribution is 6.01. The Morgan fingerprint density at radius 2 is 1.85 bits per heavy atom. The van der Waals surface area contributed by atoms with Crippen molar-refractivity contribution in [2.45, 2.75) is 38.3 Å². The van der Waals surface area contributed by atoms with E-state index in [4.69, 9.17) is 0 Å². The molecule has 1 unspecified atom stereocenters. The van der Waals surface area contributed by atoms with Crippen molar-refractivity contribution in [2.75, 3.05) is 11.4 Å². The average molecular weight is 352 g/mol. The van der Waals surface area contributed by atoms with Crippen LogP contribution in [0, 0.1) is 5.82 Å². The van der Waals surface area contributed by atoms with Crippen LogP contribution in [0.15, 0.2) is 48.5 Å². The topological polar surface area (TPSA) is 40.6 Å². The van der Waals surface area contributed by atoms with E-state index < -0.39 is 6.04 Å².